The van der Waals surface area contributed by atoms with Crippen LogP contribution in [-0.4, -0.2) is 15.8 Å². The van der Waals surface area contributed by atoms with Crippen molar-refractivity contribution in [3.05, 3.63) is 18.0 Å². The third kappa shape index (κ3) is 2.64. The van der Waals surface area contributed by atoms with Crippen molar-refractivity contribution < 1.29 is 0 Å². The number of hydrogen-bond donors (Lipinski definition) is 1. The molecule has 1 atom stereocenters. The van der Waals surface area contributed by atoms with Gasteiger partial charge in [-0.05, 0) is 39.5 Å². The minimum atomic E-state index is 0.456. The highest BCUT2D eigenvalue weighted by Gasteiger charge is 2.23. The van der Waals surface area contributed by atoms with Crippen molar-refractivity contribution in [2.75, 3.05) is 0 Å². The van der Waals surface area contributed by atoms with Gasteiger partial charge in [0.05, 0.1) is 6.20 Å². The molecule has 0 aliphatic heterocycles. The molecule has 2 rings (SSSR count). The minimum absolute atomic E-state index is 0.456. The van der Waals surface area contributed by atoms with Gasteiger partial charge in [0.25, 0.3) is 0 Å². The Labute approximate surface area is 98.2 Å². The third-order valence-corrected chi connectivity index (χ3v) is 3.67. The Balaban J connectivity index is 1.79. The summed E-state index contributed by atoms with van der Waals surface area (Å²) in [5.41, 5.74) is 1.29. The standard InChI is InChI=1S/C13H23N3/c1-10(2)16-9-12(8-15-16)7-14-11(3)13-5-4-6-13/h8-11,13-14H,4-7H2,1-3H3. The summed E-state index contributed by atoms with van der Waals surface area (Å²) in [4.78, 5) is 0. The van der Waals surface area contributed by atoms with E-state index in [0.29, 0.717) is 12.1 Å². The molecule has 3 heteroatoms. The summed E-state index contributed by atoms with van der Waals surface area (Å²) in [5.74, 6) is 0.903. The summed E-state index contributed by atoms with van der Waals surface area (Å²) in [6.07, 6.45) is 8.34. The molecule has 1 unspecified atom stereocenters. The first-order valence-corrected chi connectivity index (χ1v) is 6.43. The smallest absolute Gasteiger partial charge is 0.0534 e. The molecule has 16 heavy (non-hydrogen) atoms. The molecule has 1 aliphatic rings. The molecule has 0 bridgehead atoms. The lowest BCUT2D eigenvalue weighted by molar-refractivity contribution is 0.240. The van der Waals surface area contributed by atoms with E-state index in [1.54, 1.807) is 0 Å². The topological polar surface area (TPSA) is 29.9 Å². The van der Waals surface area contributed by atoms with Crippen molar-refractivity contribution >= 4 is 0 Å². The van der Waals surface area contributed by atoms with Gasteiger partial charge in [-0.2, -0.15) is 5.10 Å². The second-order valence-corrected chi connectivity index (χ2v) is 5.28. The highest BCUT2D eigenvalue weighted by atomic mass is 15.3. The monoisotopic (exact) mass is 221 g/mol. The van der Waals surface area contributed by atoms with Crippen LogP contribution in [0.1, 0.15) is 51.6 Å². The summed E-state index contributed by atoms with van der Waals surface area (Å²) >= 11 is 0. The second kappa shape index (κ2) is 5.00. The predicted molar refractivity (Wildman–Crippen MR) is 66.3 cm³/mol. The normalized spacial score (nSPS) is 18.8. The van der Waals surface area contributed by atoms with Gasteiger partial charge in [-0.1, -0.05) is 6.42 Å². The molecule has 0 spiro atoms. The van der Waals surface area contributed by atoms with Crippen LogP contribution in [0.15, 0.2) is 12.4 Å². The fourth-order valence-corrected chi connectivity index (χ4v) is 2.14. The van der Waals surface area contributed by atoms with E-state index in [0.717, 1.165) is 12.5 Å². The first-order valence-electron chi connectivity index (χ1n) is 6.43. The van der Waals surface area contributed by atoms with E-state index in [2.05, 4.69) is 37.4 Å². The quantitative estimate of drug-likeness (QED) is 0.828. The van der Waals surface area contributed by atoms with Gasteiger partial charge in [0, 0.05) is 30.4 Å². The van der Waals surface area contributed by atoms with Crippen molar-refractivity contribution in [2.45, 2.75) is 58.7 Å². The van der Waals surface area contributed by atoms with Crippen molar-refractivity contribution in [3.8, 4) is 0 Å². The molecule has 0 radical (unpaired) electrons. The van der Waals surface area contributed by atoms with Crippen molar-refractivity contribution in [3.63, 3.8) is 0 Å². The maximum atomic E-state index is 4.35. The minimum Gasteiger partial charge on any atom is -0.310 e. The maximum absolute atomic E-state index is 4.35. The molecule has 3 nitrogen and oxygen atoms in total. The van der Waals surface area contributed by atoms with E-state index in [-0.39, 0.29) is 0 Å². The summed E-state index contributed by atoms with van der Waals surface area (Å²) in [6, 6.07) is 1.11. The Hall–Kier alpha value is -0.830. The van der Waals surface area contributed by atoms with E-state index < -0.39 is 0 Å². The van der Waals surface area contributed by atoms with Crippen LogP contribution >= 0.6 is 0 Å². The fraction of sp³-hybridized carbons (Fsp3) is 0.769. The second-order valence-electron chi connectivity index (χ2n) is 5.28. The van der Waals surface area contributed by atoms with Crippen LogP contribution < -0.4 is 5.32 Å². The molecular weight excluding hydrogens is 198 g/mol. The largest absolute Gasteiger partial charge is 0.310 e. The molecule has 1 fully saturated rings. The number of aromatic nitrogens is 2. The van der Waals surface area contributed by atoms with Crippen LogP contribution in [0.3, 0.4) is 0 Å². The predicted octanol–water partition coefficient (Wildman–Crippen LogP) is 2.74. The van der Waals surface area contributed by atoms with Gasteiger partial charge in [0.1, 0.15) is 0 Å². The van der Waals surface area contributed by atoms with Gasteiger partial charge >= 0.3 is 0 Å². The van der Waals surface area contributed by atoms with Crippen molar-refractivity contribution in [1.29, 1.82) is 0 Å². The van der Waals surface area contributed by atoms with Crippen molar-refractivity contribution in [2.24, 2.45) is 5.92 Å². The molecule has 0 amide bonds. The summed E-state index contributed by atoms with van der Waals surface area (Å²) in [5, 5.41) is 7.95. The lowest BCUT2D eigenvalue weighted by Crippen LogP contribution is -2.36. The zero-order chi connectivity index (χ0) is 11.5. The molecule has 1 aliphatic carbocycles. The molecule has 90 valence electrons. The Bertz CT molecular complexity index is 326. The van der Waals surface area contributed by atoms with Crippen LogP contribution in [-0.2, 0) is 6.54 Å². The molecule has 1 aromatic rings. The van der Waals surface area contributed by atoms with E-state index in [4.69, 9.17) is 0 Å². The lowest BCUT2D eigenvalue weighted by atomic mass is 9.80. The number of nitrogens with zero attached hydrogens (tertiary/aromatic N) is 2. The average molecular weight is 221 g/mol. The van der Waals surface area contributed by atoms with Gasteiger partial charge in [-0.3, -0.25) is 4.68 Å². The van der Waals surface area contributed by atoms with Crippen molar-refractivity contribution in [1.82, 2.24) is 15.1 Å². The van der Waals surface area contributed by atoms with Gasteiger partial charge in [-0.25, -0.2) is 0 Å². The molecule has 0 saturated heterocycles. The maximum Gasteiger partial charge on any atom is 0.0534 e. The number of hydrogen-bond acceptors (Lipinski definition) is 2. The van der Waals surface area contributed by atoms with Crippen LogP contribution in [0.5, 0.6) is 0 Å². The molecule has 1 N–H and O–H groups in total. The van der Waals surface area contributed by atoms with Gasteiger partial charge in [-0.15, -0.1) is 0 Å². The fourth-order valence-electron chi connectivity index (χ4n) is 2.14. The highest BCUT2D eigenvalue weighted by molar-refractivity contribution is 5.04. The summed E-state index contributed by atoms with van der Waals surface area (Å²) < 4.78 is 2.02. The Morgan fingerprint density at radius 1 is 1.44 bits per heavy atom. The summed E-state index contributed by atoms with van der Waals surface area (Å²) in [7, 11) is 0. The zero-order valence-electron chi connectivity index (χ0n) is 10.6. The number of rotatable bonds is 5. The Kier molecular flexibility index (Phi) is 3.64. The molecule has 1 aromatic heterocycles. The molecule has 0 aromatic carbocycles. The zero-order valence-corrected chi connectivity index (χ0v) is 10.6. The SMILES string of the molecule is CC(NCc1cnn(C(C)C)c1)C1CCC1. The van der Waals surface area contributed by atoms with Gasteiger partial charge in [0.15, 0.2) is 0 Å². The highest BCUT2D eigenvalue weighted by Crippen LogP contribution is 2.29. The molecule has 1 saturated carbocycles. The third-order valence-electron chi connectivity index (χ3n) is 3.67. The summed E-state index contributed by atoms with van der Waals surface area (Å²) in [6.45, 7) is 7.56. The van der Waals surface area contributed by atoms with E-state index in [9.17, 15) is 0 Å². The first-order chi connectivity index (χ1) is 7.66. The van der Waals surface area contributed by atoms with Crippen LogP contribution in [0, 0.1) is 5.92 Å². The lowest BCUT2D eigenvalue weighted by Gasteiger charge is -2.31. The van der Waals surface area contributed by atoms with E-state index >= 15 is 0 Å². The molecule has 1 heterocycles. The van der Waals surface area contributed by atoms with E-state index in [1.165, 1.54) is 24.8 Å². The van der Waals surface area contributed by atoms with E-state index in [1.807, 2.05) is 10.9 Å². The number of nitrogens with one attached hydrogen (secondary N) is 1. The van der Waals surface area contributed by atoms with Crippen LogP contribution in [0.4, 0.5) is 0 Å². The first kappa shape index (κ1) is 11.6. The Morgan fingerprint density at radius 3 is 2.69 bits per heavy atom. The van der Waals surface area contributed by atoms with Gasteiger partial charge in [0.2, 0.25) is 0 Å². The van der Waals surface area contributed by atoms with Crippen LogP contribution in [0.25, 0.3) is 0 Å². The molecular formula is C13H23N3. The van der Waals surface area contributed by atoms with Gasteiger partial charge < -0.3 is 5.32 Å². The average Bonchev–Trinajstić information content (AvgIpc) is 2.60. The van der Waals surface area contributed by atoms with Crippen LogP contribution in [0.2, 0.25) is 0 Å². The Morgan fingerprint density at radius 2 is 2.19 bits per heavy atom.